The van der Waals surface area contributed by atoms with Gasteiger partial charge in [0, 0.05) is 6.20 Å². The van der Waals surface area contributed by atoms with Crippen molar-refractivity contribution in [3.63, 3.8) is 0 Å². The Morgan fingerprint density at radius 1 is 1.27 bits per heavy atom. The summed E-state index contributed by atoms with van der Waals surface area (Å²) >= 11 is 0. The Bertz CT molecular complexity index is 416. The van der Waals surface area contributed by atoms with Crippen LogP contribution in [0.2, 0.25) is 0 Å². The third kappa shape index (κ3) is 2.62. The molecule has 2 rings (SSSR count). The van der Waals surface area contributed by atoms with Crippen LogP contribution in [0, 0.1) is 0 Å². The Kier molecular flexibility index (Phi) is 3.08. The molecule has 1 aliphatic heterocycles. The van der Waals surface area contributed by atoms with E-state index >= 15 is 0 Å². The molecule has 0 saturated carbocycles. The fraction of sp³-hybridized carbons (Fsp3) is 0.231. The van der Waals surface area contributed by atoms with Gasteiger partial charge in [-0.2, -0.15) is 0 Å². The van der Waals surface area contributed by atoms with Gasteiger partial charge in [-0.25, -0.2) is 0 Å². The van der Waals surface area contributed by atoms with Crippen LogP contribution in [-0.2, 0) is 6.54 Å². The Labute approximate surface area is 90.1 Å². The van der Waals surface area contributed by atoms with Crippen LogP contribution in [0.5, 0.6) is 0 Å². The van der Waals surface area contributed by atoms with Crippen LogP contribution in [0.4, 0.5) is 0 Å². The second-order valence-corrected chi connectivity index (χ2v) is 3.59. The summed E-state index contributed by atoms with van der Waals surface area (Å²) in [5.74, 6) is 0. The molecule has 2 nitrogen and oxygen atoms in total. The van der Waals surface area contributed by atoms with Gasteiger partial charge >= 0.3 is 0 Å². The maximum atomic E-state index is 4.35. The van der Waals surface area contributed by atoms with Crippen molar-refractivity contribution in [2.45, 2.75) is 19.4 Å². The summed E-state index contributed by atoms with van der Waals surface area (Å²) in [6.07, 6.45) is 9.86. The summed E-state index contributed by atoms with van der Waals surface area (Å²) in [4.78, 5) is 8.67. The minimum atomic E-state index is 0.674. The number of aliphatic imine (C=N–C) groups is 1. The van der Waals surface area contributed by atoms with Crippen LogP contribution < -0.4 is 0 Å². The van der Waals surface area contributed by atoms with E-state index in [0.717, 1.165) is 29.7 Å². The maximum Gasteiger partial charge on any atom is 0.0813 e. The van der Waals surface area contributed by atoms with Gasteiger partial charge in [0.25, 0.3) is 0 Å². The van der Waals surface area contributed by atoms with Gasteiger partial charge in [0.15, 0.2) is 0 Å². The average Bonchev–Trinajstić information content (AvgIpc) is 2.27. The van der Waals surface area contributed by atoms with Gasteiger partial charge in [0.05, 0.1) is 12.2 Å². The molecule has 0 saturated heterocycles. The molecule has 15 heavy (non-hydrogen) atoms. The third-order valence-electron chi connectivity index (χ3n) is 2.39. The SMILES string of the molecule is C=C1/C=C\c2cccnc2C/N=C\CC1. The molecule has 0 fully saturated rings. The number of pyridine rings is 1. The lowest BCUT2D eigenvalue weighted by Crippen LogP contribution is -1.93. The van der Waals surface area contributed by atoms with Gasteiger partial charge in [-0.15, -0.1) is 0 Å². The van der Waals surface area contributed by atoms with Crippen LogP contribution in [0.25, 0.3) is 6.08 Å². The lowest BCUT2D eigenvalue weighted by Gasteiger charge is -2.04. The topological polar surface area (TPSA) is 25.2 Å². The molecule has 1 aliphatic rings. The second-order valence-electron chi connectivity index (χ2n) is 3.59. The van der Waals surface area contributed by atoms with Gasteiger partial charge in [-0.1, -0.05) is 30.4 Å². The molecule has 0 spiro atoms. The standard InChI is InChI=1S/C13H14N2/c1-11-4-2-8-14-10-13-12(7-6-11)5-3-9-15-13/h3,5-9H,1-2,4,10H2/b7-6-,14-8-. The number of aromatic nitrogens is 1. The smallest absolute Gasteiger partial charge is 0.0813 e. The molecule has 2 heterocycles. The first-order chi connectivity index (χ1) is 7.36. The van der Waals surface area contributed by atoms with Gasteiger partial charge in [-0.05, 0) is 30.7 Å². The Hall–Kier alpha value is -1.70. The number of fused-ring (bicyclic) bond motifs is 1. The summed E-state index contributed by atoms with van der Waals surface area (Å²) in [5.41, 5.74) is 3.30. The highest BCUT2D eigenvalue weighted by molar-refractivity contribution is 5.60. The lowest BCUT2D eigenvalue weighted by atomic mass is 10.1. The molecule has 1 aromatic heterocycles. The van der Waals surface area contributed by atoms with Crippen molar-refractivity contribution >= 4 is 12.3 Å². The minimum absolute atomic E-state index is 0.674. The van der Waals surface area contributed by atoms with Crippen molar-refractivity contribution in [2.75, 3.05) is 0 Å². The first kappa shape index (κ1) is 9.84. The molecule has 1 aromatic rings. The summed E-state index contributed by atoms with van der Waals surface area (Å²) in [6.45, 7) is 4.67. The van der Waals surface area contributed by atoms with Gasteiger partial charge in [0.1, 0.15) is 0 Å². The van der Waals surface area contributed by atoms with Crippen LogP contribution in [0.1, 0.15) is 24.1 Å². The quantitative estimate of drug-likeness (QED) is 0.629. The summed E-state index contributed by atoms with van der Waals surface area (Å²) < 4.78 is 0. The molecule has 0 N–H and O–H groups in total. The summed E-state index contributed by atoms with van der Waals surface area (Å²) in [7, 11) is 0. The average molecular weight is 198 g/mol. The maximum absolute atomic E-state index is 4.35. The molecule has 76 valence electrons. The van der Waals surface area contributed by atoms with Crippen LogP contribution in [-0.4, -0.2) is 11.2 Å². The zero-order valence-corrected chi connectivity index (χ0v) is 8.69. The predicted molar refractivity (Wildman–Crippen MR) is 63.8 cm³/mol. The number of hydrogen-bond donors (Lipinski definition) is 0. The molecule has 0 atom stereocenters. The lowest BCUT2D eigenvalue weighted by molar-refractivity contribution is 0.967. The number of nitrogens with zero attached hydrogens (tertiary/aromatic N) is 2. The number of hydrogen-bond acceptors (Lipinski definition) is 2. The first-order valence-corrected chi connectivity index (χ1v) is 5.14. The molecule has 0 aromatic carbocycles. The Morgan fingerprint density at radius 3 is 3.13 bits per heavy atom. The van der Waals surface area contributed by atoms with Crippen molar-refractivity contribution in [1.29, 1.82) is 0 Å². The van der Waals surface area contributed by atoms with Gasteiger partial charge in [0.2, 0.25) is 0 Å². The minimum Gasteiger partial charge on any atom is -0.291 e. The summed E-state index contributed by atoms with van der Waals surface area (Å²) in [6, 6.07) is 4.00. The molecule has 0 bridgehead atoms. The number of rotatable bonds is 0. The molecule has 0 amide bonds. The highest BCUT2D eigenvalue weighted by Gasteiger charge is 2.00. The molecule has 0 unspecified atom stereocenters. The number of allylic oxidation sites excluding steroid dienone is 2. The van der Waals surface area contributed by atoms with E-state index in [9.17, 15) is 0 Å². The predicted octanol–water partition coefficient (Wildman–Crippen LogP) is 3.02. The first-order valence-electron chi connectivity index (χ1n) is 5.14. The van der Waals surface area contributed by atoms with Crippen molar-refractivity contribution in [3.05, 3.63) is 47.8 Å². The fourth-order valence-corrected chi connectivity index (χ4v) is 1.52. The van der Waals surface area contributed by atoms with Gasteiger partial charge in [-0.3, -0.25) is 9.98 Å². The van der Waals surface area contributed by atoms with Crippen LogP contribution in [0.3, 0.4) is 0 Å². The van der Waals surface area contributed by atoms with Crippen LogP contribution in [0.15, 0.2) is 41.6 Å². The van der Waals surface area contributed by atoms with Crippen molar-refractivity contribution in [3.8, 4) is 0 Å². The Morgan fingerprint density at radius 2 is 2.20 bits per heavy atom. The van der Waals surface area contributed by atoms with Gasteiger partial charge < -0.3 is 0 Å². The normalized spacial score (nSPS) is 20.4. The highest BCUT2D eigenvalue weighted by atomic mass is 14.8. The Balaban J connectivity index is 2.35. The van der Waals surface area contributed by atoms with E-state index in [-0.39, 0.29) is 0 Å². The molecule has 0 aliphatic carbocycles. The largest absolute Gasteiger partial charge is 0.291 e. The zero-order valence-electron chi connectivity index (χ0n) is 8.69. The van der Waals surface area contributed by atoms with E-state index in [1.54, 1.807) is 0 Å². The monoisotopic (exact) mass is 198 g/mol. The van der Waals surface area contributed by atoms with Crippen molar-refractivity contribution in [1.82, 2.24) is 4.98 Å². The fourth-order valence-electron chi connectivity index (χ4n) is 1.52. The zero-order chi connectivity index (χ0) is 10.5. The van der Waals surface area contributed by atoms with E-state index in [4.69, 9.17) is 0 Å². The summed E-state index contributed by atoms with van der Waals surface area (Å²) in [5, 5.41) is 0. The third-order valence-corrected chi connectivity index (χ3v) is 2.39. The molecular formula is C13H14N2. The molecule has 2 heteroatoms. The van der Waals surface area contributed by atoms with E-state index in [1.165, 1.54) is 0 Å². The van der Waals surface area contributed by atoms with E-state index < -0.39 is 0 Å². The van der Waals surface area contributed by atoms with E-state index in [1.807, 2.05) is 18.5 Å². The van der Waals surface area contributed by atoms with Crippen molar-refractivity contribution in [2.24, 2.45) is 4.99 Å². The van der Waals surface area contributed by atoms with Crippen molar-refractivity contribution < 1.29 is 0 Å². The van der Waals surface area contributed by atoms with Crippen LogP contribution >= 0.6 is 0 Å². The second kappa shape index (κ2) is 4.69. The van der Waals surface area contributed by atoms with E-state index in [2.05, 4.69) is 34.8 Å². The van der Waals surface area contributed by atoms with E-state index in [0.29, 0.717) is 6.54 Å². The molecular weight excluding hydrogens is 184 g/mol. The highest BCUT2D eigenvalue weighted by Crippen LogP contribution is 2.13. The molecule has 0 radical (unpaired) electrons.